The number of halogens is 1. The number of piperazine rings is 1. The van der Waals surface area contributed by atoms with Gasteiger partial charge in [0, 0.05) is 31.2 Å². The zero-order valence-corrected chi connectivity index (χ0v) is 11.5. The lowest BCUT2D eigenvalue weighted by atomic mass is 10.00. The van der Waals surface area contributed by atoms with Gasteiger partial charge in [0.15, 0.2) is 0 Å². The van der Waals surface area contributed by atoms with Gasteiger partial charge >= 0.3 is 0 Å². The first kappa shape index (κ1) is 13.5. The Morgan fingerprint density at radius 3 is 2.94 bits per heavy atom. The summed E-state index contributed by atoms with van der Waals surface area (Å²) in [6.45, 7) is 8.65. The van der Waals surface area contributed by atoms with E-state index in [0.717, 1.165) is 25.1 Å². The van der Waals surface area contributed by atoms with E-state index in [-0.39, 0.29) is 11.9 Å². The van der Waals surface area contributed by atoms with Gasteiger partial charge in [-0.1, -0.05) is 19.1 Å². The molecule has 0 amide bonds. The molecule has 2 rings (SSSR count). The van der Waals surface area contributed by atoms with Crippen LogP contribution in [0.5, 0.6) is 0 Å². The first-order chi connectivity index (χ1) is 8.61. The van der Waals surface area contributed by atoms with Crippen LogP contribution < -0.4 is 5.32 Å². The second-order valence-corrected chi connectivity index (χ2v) is 5.30. The van der Waals surface area contributed by atoms with Crippen LogP contribution in [0.25, 0.3) is 0 Å². The van der Waals surface area contributed by atoms with Gasteiger partial charge in [-0.05, 0) is 38.0 Å². The van der Waals surface area contributed by atoms with E-state index in [0.29, 0.717) is 12.1 Å². The number of hydrogen-bond acceptors (Lipinski definition) is 2. The van der Waals surface area contributed by atoms with E-state index in [1.165, 1.54) is 6.07 Å². The maximum absolute atomic E-state index is 13.3. The predicted octanol–water partition coefficient (Wildman–Crippen LogP) is 2.96. The molecular formula is C15H23FN2. The van der Waals surface area contributed by atoms with Crippen molar-refractivity contribution in [2.75, 3.05) is 13.1 Å². The molecule has 18 heavy (non-hydrogen) atoms. The van der Waals surface area contributed by atoms with Crippen molar-refractivity contribution in [2.45, 2.75) is 45.3 Å². The number of hydrogen-bond donors (Lipinski definition) is 1. The van der Waals surface area contributed by atoms with Gasteiger partial charge in [-0.3, -0.25) is 4.90 Å². The molecule has 3 atom stereocenters. The largest absolute Gasteiger partial charge is 0.311 e. The van der Waals surface area contributed by atoms with E-state index in [2.05, 4.69) is 31.0 Å². The summed E-state index contributed by atoms with van der Waals surface area (Å²) >= 11 is 0. The van der Waals surface area contributed by atoms with Crippen molar-refractivity contribution >= 4 is 0 Å². The standard InChI is InChI=1S/C15H23FN2/c1-4-15-9-17-11(2)10-18(15)12(3)13-6-5-7-14(16)8-13/h5-8,11-12,15,17H,4,9-10H2,1-3H3. The van der Waals surface area contributed by atoms with Crippen LogP contribution >= 0.6 is 0 Å². The Morgan fingerprint density at radius 2 is 2.28 bits per heavy atom. The van der Waals surface area contributed by atoms with Crippen molar-refractivity contribution in [1.29, 1.82) is 0 Å². The Balaban J connectivity index is 2.17. The molecule has 2 nitrogen and oxygen atoms in total. The van der Waals surface area contributed by atoms with Crippen molar-refractivity contribution in [2.24, 2.45) is 0 Å². The summed E-state index contributed by atoms with van der Waals surface area (Å²) in [5.74, 6) is -0.143. The summed E-state index contributed by atoms with van der Waals surface area (Å²) in [6.07, 6.45) is 1.12. The number of benzene rings is 1. The second kappa shape index (κ2) is 5.81. The summed E-state index contributed by atoms with van der Waals surface area (Å²) in [6, 6.07) is 8.30. The van der Waals surface area contributed by atoms with Crippen LogP contribution in [0.4, 0.5) is 4.39 Å². The van der Waals surface area contributed by atoms with Crippen molar-refractivity contribution in [3.63, 3.8) is 0 Å². The minimum Gasteiger partial charge on any atom is -0.311 e. The number of nitrogens with one attached hydrogen (secondary N) is 1. The van der Waals surface area contributed by atoms with Crippen molar-refractivity contribution < 1.29 is 4.39 Å². The molecule has 0 spiro atoms. The fraction of sp³-hybridized carbons (Fsp3) is 0.600. The molecule has 1 heterocycles. The molecule has 0 saturated carbocycles. The quantitative estimate of drug-likeness (QED) is 0.887. The summed E-state index contributed by atoms with van der Waals surface area (Å²) < 4.78 is 13.3. The van der Waals surface area contributed by atoms with E-state index in [1.54, 1.807) is 12.1 Å². The maximum atomic E-state index is 13.3. The van der Waals surface area contributed by atoms with Gasteiger partial charge in [0.1, 0.15) is 5.82 Å². The predicted molar refractivity (Wildman–Crippen MR) is 73.1 cm³/mol. The molecule has 0 aliphatic carbocycles. The molecule has 1 saturated heterocycles. The highest BCUT2D eigenvalue weighted by atomic mass is 19.1. The first-order valence-electron chi connectivity index (χ1n) is 6.86. The highest BCUT2D eigenvalue weighted by Crippen LogP contribution is 2.26. The zero-order valence-electron chi connectivity index (χ0n) is 11.5. The zero-order chi connectivity index (χ0) is 13.1. The normalized spacial score (nSPS) is 27.1. The third kappa shape index (κ3) is 2.90. The lowest BCUT2D eigenvalue weighted by molar-refractivity contribution is 0.0903. The summed E-state index contributed by atoms with van der Waals surface area (Å²) in [4.78, 5) is 2.50. The number of nitrogens with zero attached hydrogens (tertiary/aromatic N) is 1. The molecule has 1 N–H and O–H groups in total. The molecule has 0 radical (unpaired) electrons. The van der Waals surface area contributed by atoms with Crippen LogP contribution in [0.3, 0.4) is 0 Å². The van der Waals surface area contributed by atoms with Gasteiger partial charge in [-0.15, -0.1) is 0 Å². The van der Waals surface area contributed by atoms with Gasteiger partial charge in [-0.2, -0.15) is 0 Å². The van der Waals surface area contributed by atoms with E-state index >= 15 is 0 Å². The van der Waals surface area contributed by atoms with Gasteiger partial charge in [-0.25, -0.2) is 4.39 Å². The molecule has 1 aromatic carbocycles. The third-order valence-corrected chi connectivity index (χ3v) is 3.96. The Kier molecular flexibility index (Phi) is 4.36. The van der Waals surface area contributed by atoms with Crippen LogP contribution in [0.15, 0.2) is 24.3 Å². The van der Waals surface area contributed by atoms with Crippen LogP contribution in [-0.4, -0.2) is 30.1 Å². The Labute approximate surface area is 109 Å². The average molecular weight is 250 g/mol. The third-order valence-electron chi connectivity index (χ3n) is 3.96. The van der Waals surface area contributed by atoms with E-state index < -0.39 is 0 Å². The lowest BCUT2D eigenvalue weighted by Crippen LogP contribution is -2.55. The monoisotopic (exact) mass is 250 g/mol. The molecule has 1 aliphatic rings. The summed E-state index contributed by atoms with van der Waals surface area (Å²) in [5.41, 5.74) is 1.07. The van der Waals surface area contributed by atoms with E-state index in [9.17, 15) is 4.39 Å². The minimum atomic E-state index is -0.143. The van der Waals surface area contributed by atoms with Crippen molar-refractivity contribution in [3.05, 3.63) is 35.6 Å². The molecule has 100 valence electrons. The van der Waals surface area contributed by atoms with E-state index in [1.807, 2.05) is 6.07 Å². The molecule has 1 aliphatic heterocycles. The molecule has 1 fully saturated rings. The lowest BCUT2D eigenvalue weighted by Gasteiger charge is -2.42. The van der Waals surface area contributed by atoms with Crippen molar-refractivity contribution in [3.8, 4) is 0 Å². The van der Waals surface area contributed by atoms with Gasteiger partial charge in [0.2, 0.25) is 0 Å². The molecule has 1 aromatic rings. The fourth-order valence-electron chi connectivity index (χ4n) is 2.80. The number of rotatable bonds is 3. The Morgan fingerprint density at radius 1 is 1.50 bits per heavy atom. The van der Waals surface area contributed by atoms with Gasteiger partial charge in [0.05, 0.1) is 0 Å². The van der Waals surface area contributed by atoms with Gasteiger partial charge < -0.3 is 5.32 Å². The SMILES string of the molecule is CCC1CNC(C)CN1C(C)c1cccc(F)c1. The summed E-state index contributed by atoms with van der Waals surface area (Å²) in [5, 5.41) is 3.51. The molecular weight excluding hydrogens is 227 g/mol. The average Bonchev–Trinajstić information content (AvgIpc) is 2.38. The smallest absolute Gasteiger partial charge is 0.123 e. The van der Waals surface area contributed by atoms with E-state index in [4.69, 9.17) is 0 Å². The highest BCUT2D eigenvalue weighted by molar-refractivity contribution is 5.20. The highest BCUT2D eigenvalue weighted by Gasteiger charge is 2.28. The fourth-order valence-corrected chi connectivity index (χ4v) is 2.80. The maximum Gasteiger partial charge on any atom is 0.123 e. The van der Waals surface area contributed by atoms with Crippen LogP contribution in [0.2, 0.25) is 0 Å². The topological polar surface area (TPSA) is 15.3 Å². The molecule has 3 heteroatoms. The Hall–Kier alpha value is -0.930. The molecule has 0 bridgehead atoms. The molecule has 0 aromatic heterocycles. The Bertz CT molecular complexity index is 394. The first-order valence-corrected chi connectivity index (χ1v) is 6.86. The second-order valence-electron chi connectivity index (χ2n) is 5.30. The molecule has 3 unspecified atom stereocenters. The summed E-state index contributed by atoms with van der Waals surface area (Å²) in [7, 11) is 0. The van der Waals surface area contributed by atoms with Crippen LogP contribution in [0.1, 0.15) is 38.8 Å². The van der Waals surface area contributed by atoms with Crippen LogP contribution in [-0.2, 0) is 0 Å². The van der Waals surface area contributed by atoms with Gasteiger partial charge in [0.25, 0.3) is 0 Å². The minimum absolute atomic E-state index is 0.143. The van der Waals surface area contributed by atoms with Crippen molar-refractivity contribution in [1.82, 2.24) is 10.2 Å². The van der Waals surface area contributed by atoms with Crippen LogP contribution in [0, 0.1) is 5.82 Å².